The number of ether oxygens (including phenoxy) is 2. The van der Waals surface area contributed by atoms with Crippen LogP contribution in [0.3, 0.4) is 0 Å². The van der Waals surface area contributed by atoms with Gasteiger partial charge in [-0.15, -0.1) is 0 Å². The first kappa shape index (κ1) is 17.8. The normalized spacial score (nSPS) is 10.0. The first-order valence-corrected chi connectivity index (χ1v) is 7.41. The summed E-state index contributed by atoms with van der Waals surface area (Å²) < 4.78 is 10.6. The molecule has 0 unspecified atom stereocenters. The molecule has 0 aromatic heterocycles. The van der Waals surface area contributed by atoms with E-state index in [1.54, 1.807) is 12.1 Å². The fourth-order valence-electron chi connectivity index (χ4n) is 1.97. The number of hydrogen-bond donors (Lipinski definition) is 2. The number of rotatable bonds is 8. The maximum absolute atomic E-state index is 11.8. The lowest BCUT2D eigenvalue weighted by Gasteiger charge is -2.16. The van der Waals surface area contributed by atoms with E-state index in [1.807, 2.05) is 13.8 Å². The van der Waals surface area contributed by atoms with Crippen LogP contribution in [-0.2, 0) is 9.59 Å². The highest BCUT2D eigenvalue weighted by atomic mass is 16.5. The predicted octanol–water partition coefficient (Wildman–Crippen LogP) is 3.18. The second kappa shape index (κ2) is 8.92. The summed E-state index contributed by atoms with van der Waals surface area (Å²) in [4.78, 5) is 23.5. The molecule has 0 aliphatic heterocycles. The Hall–Kier alpha value is -2.24. The molecule has 1 rings (SSSR count). The average molecular weight is 308 g/mol. The second-order valence-electron chi connectivity index (χ2n) is 4.85. The van der Waals surface area contributed by atoms with Crippen LogP contribution in [0.1, 0.15) is 39.5 Å². The van der Waals surface area contributed by atoms with Crippen molar-refractivity contribution in [3.05, 3.63) is 12.1 Å². The van der Waals surface area contributed by atoms with Crippen LogP contribution in [-0.4, -0.2) is 26.0 Å². The van der Waals surface area contributed by atoms with Gasteiger partial charge in [0.25, 0.3) is 0 Å². The number of amides is 2. The molecule has 2 N–H and O–H groups in total. The Morgan fingerprint density at radius 3 is 1.50 bits per heavy atom. The molecular weight excluding hydrogens is 284 g/mol. The Kier molecular flexibility index (Phi) is 7.22. The molecule has 22 heavy (non-hydrogen) atoms. The van der Waals surface area contributed by atoms with Gasteiger partial charge in [-0.1, -0.05) is 13.8 Å². The Labute approximate surface area is 131 Å². The van der Waals surface area contributed by atoms with E-state index in [0.29, 0.717) is 35.7 Å². The van der Waals surface area contributed by atoms with E-state index < -0.39 is 0 Å². The number of carbonyl (C=O) groups is 2. The Balaban J connectivity index is 3.06. The van der Waals surface area contributed by atoms with Crippen molar-refractivity contribution in [1.82, 2.24) is 0 Å². The van der Waals surface area contributed by atoms with Gasteiger partial charge in [-0.05, 0) is 12.8 Å². The van der Waals surface area contributed by atoms with Crippen LogP contribution >= 0.6 is 0 Å². The van der Waals surface area contributed by atoms with Crippen LogP contribution in [0.25, 0.3) is 0 Å². The summed E-state index contributed by atoms with van der Waals surface area (Å²) in [5.74, 6) is 0.755. The highest BCUT2D eigenvalue weighted by molar-refractivity contribution is 5.96. The maximum Gasteiger partial charge on any atom is 0.224 e. The molecule has 0 saturated carbocycles. The molecule has 0 radical (unpaired) electrons. The zero-order chi connectivity index (χ0) is 16.5. The molecule has 0 aliphatic carbocycles. The van der Waals surface area contributed by atoms with Crippen molar-refractivity contribution in [2.24, 2.45) is 0 Å². The molecule has 0 atom stereocenters. The fraction of sp³-hybridized carbons (Fsp3) is 0.500. The molecule has 122 valence electrons. The summed E-state index contributed by atoms with van der Waals surface area (Å²) in [6.45, 7) is 3.87. The van der Waals surface area contributed by atoms with Crippen molar-refractivity contribution in [2.45, 2.75) is 39.5 Å². The molecule has 0 saturated heterocycles. The number of carbonyl (C=O) groups excluding carboxylic acids is 2. The van der Waals surface area contributed by atoms with Gasteiger partial charge in [0.1, 0.15) is 11.5 Å². The smallest absolute Gasteiger partial charge is 0.224 e. The first-order chi connectivity index (χ1) is 10.5. The average Bonchev–Trinajstić information content (AvgIpc) is 2.48. The van der Waals surface area contributed by atoms with Gasteiger partial charge in [0.05, 0.1) is 25.6 Å². The molecule has 1 aromatic carbocycles. The Morgan fingerprint density at radius 1 is 0.864 bits per heavy atom. The van der Waals surface area contributed by atoms with E-state index in [2.05, 4.69) is 10.6 Å². The molecule has 0 fully saturated rings. The van der Waals surface area contributed by atoms with Crippen molar-refractivity contribution in [1.29, 1.82) is 0 Å². The molecule has 1 aromatic rings. The monoisotopic (exact) mass is 308 g/mol. The molecular formula is C16H24N2O4. The van der Waals surface area contributed by atoms with Crippen LogP contribution in [0.5, 0.6) is 11.5 Å². The third kappa shape index (κ3) is 4.95. The Morgan fingerprint density at radius 2 is 1.23 bits per heavy atom. The molecule has 0 spiro atoms. The third-order valence-electron chi connectivity index (χ3n) is 3.02. The van der Waals surface area contributed by atoms with Crippen molar-refractivity contribution in [3.63, 3.8) is 0 Å². The van der Waals surface area contributed by atoms with Gasteiger partial charge >= 0.3 is 0 Å². The van der Waals surface area contributed by atoms with Crippen molar-refractivity contribution in [2.75, 3.05) is 24.9 Å². The summed E-state index contributed by atoms with van der Waals surface area (Å²) in [5, 5.41) is 5.57. The summed E-state index contributed by atoms with van der Waals surface area (Å²) >= 11 is 0. The van der Waals surface area contributed by atoms with Gasteiger partial charge in [-0.2, -0.15) is 0 Å². The Bertz CT molecular complexity index is 481. The minimum absolute atomic E-state index is 0.0920. The molecule has 0 aliphatic rings. The molecule has 2 amide bonds. The quantitative estimate of drug-likeness (QED) is 0.773. The van der Waals surface area contributed by atoms with Crippen LogP contribution in [0.4, 0.5) is 11.4 Å². The summed E-state index contributed by atoms with van der Waals surface area (Å²) in [7, 11) is 3.02. The van der Waals surface area contributed by atoms with Crippen LogP contribution in [0.2, 0.25) is 0 Å². The largest absolute Gasteiger partial charge is 0.494 e. The summed E-state index contributed by atoms with van der Waals surface area (Å²) in [6, 6.07) is 3.29. The zero-order valence-electron chi connectivity index (χ0n) is 13.6. The lowest BCUT2D eigenvalue weighted by atomic mass is 10.2. The van der Waals surface area contributed by atoms with E-state index in [9.17, 15) is 9.59 Å². The zero-order valence-corrected chi connectivity index (χ0v) is 13.6. The van der Waals surface area contributed by atoms with Gasteiger partial charge < -0.3 is 20.1 Å². The van der Waals surface area contributed by atoms with Gasteiger partial charge in [0.2, 0.25) is 11.8 Å². The highest BCUT2D eigenvalue weighted by Crippen LogP contribution is 2.36. The standard InChI is InChI=1S/C16H24N2O4/c1-5-7-15(19)17-11-9-14(22-4)12(10-13(11)21-3)18-16(20)8-6-2/h9-10H,5-8H2,1-4H3,(H,17,19)(H,18,20). The van der Waals surface area contributed by atoms with Crippen molar-refractivity contribution >= 4 is 23.2 Å². The van der Waals surface area contributed by atoms with Gasteiger partial charge in [0.15, 0.2) is 0 Å². The lowest BCUT2D eigenvalue weighted by molar-refractivity contribution is -0.117. The molecule has 0 bridgehead atoms. The summed E-state index contributed by atoms with van der Waals surface area (Å²) in [6.07, 6.45) is 2.38. The number of methoxy groups -OCH3 is 2. The van der Waals surface area contributed by atoms with E-state index >= 15 is 0 Å². The van der Waals surface area contributed by atoms with Gasteiger partial charge in [-0.25, -0.2) is 0 Å². The van der Waals surface area contributed by atoms with Gasteiger partial charge in [-0.3, -0.25) is 9.59 Å². The molecule has 0 heterocycles. The topological polar surface area (TPSA) is 76.7 Å². The van der Waals surface area contributed by atoms with Crippen molar-refractivity contribution < 1.29 is 19.1 Å². The summed E-state index contributed by atoms with van der Waals surface area (Å²) in [5.41, 5.74) is 1.04. The first-order valence-electron chi connectivity index (χ1n) is 7.41. The SMILES string of the molecule is CCCC(=O)Nc1cc(OC)c(NC(=O)CCC)cc1OC. The van der Waals surface area contributed by atoms with Crippen molar-refractivity contribution in [3.8, 4) is 11.5 Å². The third-order valence-corrected chi connectivity index (χ3v) is 3.02. The number of anilines is 2. The van der Waals surface area contributed by atoms with Crippen LogP contribution in [0.15, 0.2) is 12.1 Å². The van der Waals surface area contributed by atoms with E-state index in [-0.39, 0.29) is 11.8 Å². The van der Waals surface area contributed by atoms with Crippen LogP contribution in [0, 0.1) is 0 Å². The minimum atomic E-state index is -0.0920. The van der Waals surface area contributed by atoms with Crippen LogP contribution < -0.4 is 20.1 Å². The predicted molar refractivity (Wildman–Crippen MR) is 86.6 cm³/mol. The maximum atomic E-state index is 11.8. The van der Waals surface area contributed by atoms with E-state index in [0.717, 1.165) is 12.8 Å². The fourth-order valence-corrected chi connectivity index (χ4v) is 1.97. The number of benzene rings is 1. The van der Waals surface area contributed by atoms with E-state index in [1.165, 1.54) is 14.2 Å². The van der Waals surface area contributed by atoms with E-state index in [4.69, 9.17) is 9.47 Å². The number of hydrogen-bond acceptors (Lipinski definition) is 4. The minimum Gasteiger partial charge on any atom is -0.494 e. The number of nitrogens with one attached hydrogen (secondary N) is 2. The molecule has 6 nitrogen and oxygen atoms in total. The lowest BCUT2D eigenvalue weighted by Crippen LogP contribution is -2.14. The van der Waals surface area contributed by atoms with Gasteiger partial charge in [0, 0.05) is 25.0 Å². The highest BCUT2D eigenvalue weighted by Gasteiger charge is 2.14. The molecule has 6 heteroatoms. The second-order valence-corrected chi connectivity index (χ2v) is 4.85.